The first-order valence-corrected chi connectivity index (χ1v) is 4.97. The second kappa shape index (κ2) is 4.31. The summed E-state index contributed by atoms with van der Waals surface area (Å²) in [6, 6.07) is 7.50. The molecule has 1 unspecified atom stereocenters. The van der Waals surface area contributed by atoms with Crippen LogP contribution in [0.3, 0.4) is 0 Å². The predicted octanol–water partition coefficient (Wildman–Crippen LogP) is 1.52. The van der Waals surface area contributed by atoms with Crippen LogP contribution in [0.5, 0.6) is 0 Å². The lowest BCUT2D eigenvalue weighted by molar-refractivity contribution is 0.250. The molecule has 1 aliphatic heterocycles. The van der Waals surface area contributed by atoms with Gasteiger partial charge in [0.1, 0.15) is 0 Å². The first-order chi connectivity index (χ1) is 7.24. The number of hydrogen-bond acceptors (Lipinski definition) is 2. The van der Waals surface area contributed by atoms with Crippen molar-refractivity contribution < 1.29 is 9.53 Å². The monoisotopic (exact) mass is 206 g/mol. The van der Waals surface area contributed by atoms with Crippen molar-refractivity contribution in [3.8, 4) is 0 Å². The van der Waals surface area contributed by atoms with Crippen molar-refractivity contribution in [2.75, 3.05) is 18.5 Å². The zero-order valence-corrected chi connectivity index (χ0v) is 8.62. The summed E-state index contributed by atoms with van der Waals surface area (Å²) in [7, 11) is 0. The molecule has 1 fully saturated rings. The van der Waals surface area contributed by atoms with Gasteiger partial charge in [-0.3, -0.25) is 0 Å². The van der Waals surface area contributed by atoms with Crippen LogP contribution in [0.25, 0.3) is 0 Å². The van der Waals surface area contributed by atoms with Crippen LogP contribution in [0.15, 0.2) is 24.3 Å². The van der Waals surface area contributed by atoms with E-state index in [1.165, 1.54) is 0 Å². The first-order valence-electron chi connectivity index (χ1n) is 4.97. The second-order valence-corrected chi connectivity index (χ2v) is 3.66. The summed E-state index contributed by atoms with van der Waals surface area (Å²) in [4.78, 5) is 11.4. The SMILES string of the molecule is Cc1cccc(NC(=O)NCC2CO2)c1. The Morgan fingerprint density at radius 1 is 1.60 bits per heavy atom. The van der Waals surface area contributed by atoms with Crippen LogP contribution in [0.1, 0.15) is 5.56 Å². The number of hydrogen-bond donors (Lipinski definition) is 2. The van der Waals surface area contributed by atoms with Crippen molar-refractivity contribution in [1.82, 2.24) is 5.32 Å². The minimum atomic E-state index is -0.184. The molecule has 2 N–H and O–H groups in total. The fraction of sp³-hybridized carbons (Fsp3) is 0.364. The smallest absolute Gasteiger partial charge is 0.319 e. The van der Waals surface area contributed by atoms with Gasteiger partial charge in [-0.15, -0.1) is 0 Å². The molecule has 1 aliphatic rings. The lowest BCUT2D eigenvalue weighted by Crippen LogP contribution is -2.31. The van der Waals surface area contributed by atoms with E-state index in [-0.39, 0.29) is 12.1 Å². The first kappa shape index (κ1) is 9.98. The van der Waals surface area contributed by atoms with E-state index >= 15 is 0 Å². The van der Waals surface area contributed by atoms with Crippen molar-refractivity contribution in [2.24, 2.45) is 0 Å². The van der Waals surface area contributed by atoms with Crippen molar-refractivity contribution in [3.05, 3.63) is 29.8 Å². The molecule has 1 atom stereocenters. The van der Waals surface area contributed by atoms with Gasteiger partial charge < -0.3 is 15.4 Å². The van der Waals surface area contributed by atoms with E-state index in [1.54, 1.807) is 0 Å². The van der Waals surface area contributed by atoms with E-state index in [0.29, 0.717) is 6.54 Å². The maximum atomic E-state index is 11.4. The Morgan fingerprint density at radius 3 is 3.07 bits per heavy atom. The Kier molecular flexibility index (Phi) is 2.87. The molecule has 4 heteroatoms. The zero-order valence-electron chi connectivity index (χ0n) is 8.62. The van der Waals surface area contributed by atoms with E-state index < -0.39 is 0 Å². The lowest BCUT2D eigenvalue weighted by atomic mass is 10.2. The van der Waals surface area contributed by atoms with E-state index in [9.17, 15) is 4.79 Å². The third-order valence-corrected chi connectivity index (χ3v) is 2.17. The normalized spacial score (nSPS) is 18.3. The third-order valence-electron chi connectivity index (χ3n) is 2.17. The Morgan fingerprint density at radius 2 is 2.40 bits per heavy atom. The topological polar surface area (TPSA) is 53.7 Å². The Labute approximate surface area is 88.6 Å². The van der Waals surface area contributed by atoms with Gasteiger partial charge in [-0.05, 0) is 24.6 Å². The van der Waals surface area contributed by atoms with Gasteiger partial charge in [-0.1, -0.05) is 12.1 Å². The van der Waals surface area contributed by atoms with Crippen LogP contribution >= 0.6 is 0 Å². The van der Waals surface area contributed by atoms with Crippen molar-refractivity contribution in [3.63, 3.8) is 0 Å². The number of carbonyl (C=O) groups is 1. The van der Waals surface area contributed by atoms with Gasteiger partial charge in [-0.25, -0.2) is 4.79 Å². The minimum Gasteiger partial charge on any atom is -0.371 e. The molecule has 0 spiro atoms. The molecule has 0 radical (unpaired) electrons. The van der Waals surface area contributed by atoms with Crippen LogP contribution in [0.2, 0.25) is 0 Å². The van der Waals surface area contributed by atoms with Crippen LogP contribution in [-0.4, -0.2) is 25.3 Å². The van der Waals surface area contributed by atoms with E-state index in [2.05, 4.69) is 10.6 Å². The molecule has 0 saturated carbocycles. The van der Waals surface area contributed by atoms with Crippen LogP contribution in [0, 0.1) is 6.92 Å². The number of benzene rings is 1. The quantitative estimate of drug-likeness (QED) is 0.736. The average Bonchev–Trinajstić information content (AvgIpc) is 2.98. The Balaban J connectivity index is 1.81. The minimum absolute atomic E-state index is 0.184. The molecule has 1 aromatic carbocycles. The molecule has 1 aromatic rings. The molecule has 0 aliphatic carbocycles. The van der Waals surface area contributed by atoms with Gasteiger partial charge in [0.15, 0.2) is 0 Å². The highest BCUT2D eigenvalue weighted by molar-refractivity contribution is 5.89. The molecule has 1 saturated heterocycles. The lowest BCUT2D eigenvalue weighted by Gasteiger charge is -2.06. The van der Waals surface area contributed by atoms with Gasteiger partial charge in [0.05, 0.1) is 12.7 Å². The number of urea groups is 1. The van der Waals surface area contributed by atoms with E-state index in [1.807, 2.05) is 31.2 Å². The van der Waals surface area contributed by atoms with Crippen LogP contribution < -0.4 is 10.6 Å². The fourth-order valence-electron chi connectivity index (χ4n) is 1.29. The summed E-state index contributed by atoms with van der Waals surface area (Å²) in [5.41, 5.74) is 1.93. The highest BCUT2D eigenvalue weighted by atomic mass is 16.6. The number of carbonyl (C=O) groups excluding carboxylic acids is 1. The summed E-state index contributed by atoms with van der Waals surface area (Å²) in [5.74, 6) is 0. The summed E-state index contributed by atoms with van der Waals surface area (Å²) in [5, 5.41) is 5.50. The molecule has 0 aromatic heterocycles. The van der Waals surface area contributed by atoms with Gasteiger partial charge in [0, 0.05) is 12.2 Å². The maximum absolute atomic E-state index is 11.4. The maximum Gasteiger partial charge on any atom is 0.319 e. The number of epoxide rings is 1. The summed E-state index contributed by atoms with van der Waals surface area (Å²) in [6.07, 6.45) is 0.216. The molecule has 2 rings (SSSR count). The third kappa shape index (κ3) is 3.25. The molecule has 0 bridgehead atoms. The van der Waals surface area contributed by atoms with Crippen molar-refractivity contribution in [1.29, 1.82) is 0 Å². The number of ether oxygens (including phenoxy) is 1. The van der Waals surface area contributed by atoms with Gasteiger partial charge in [0.2, 0.25) is 0 Å². The summed E-state index contributed by atoms with van der Waals surface area (Å²) >= 11 is 0. The molecule has 15 heavy (non-hydrogen) atoms. The largest absolute Gasteiger partial charge is 0.371 e. The Bertz CT molecular complexity index is 361. The molecule has 1 heterocycles. The predicted molar refractivity (Wildman–Crippen MR) is 57.9 cm³/mol. The highest BCUT2D eigenvalue weighted by Gasteiger charge is 2.22. The van der Waals surface area contributed by atoms with E-state index in [0.717, 1.165) is 17.9 Å². The average molecular weight is 206 g/mol. The Hall–Kier alpha value is -1.55. The molecular weight excluding hydrogens is 192 g/mol. The summed E-state index contributed by atoms with van der Waals surface area (Å²) < 4.78 is 4.99. The number of rotatable bonds is 3. The second-order valence-electron chi connectivity index (χ2n) is 3.66. The van der Waals surface area contributed by atoms with E-state index in [4.69, 9.17) is 4.74 Å². The molecule has 2 amide bonds. The number of amides is 2. The van der Waals surface area contributed by atoms with Crippen molar-refractivity contribution >= 4 is 11.7 Å². The zero-order chi connectivity index (χ0) is 10.7. The fourth-order valence-corrected chi connectivity index (χ4v) is 1.29. The standard InChI is InChI=1S/C11H14N2O2/c1-8-3-2-4-9(5-8)13-11(14)12-6-10-7-15-10/h2-5,10H,6-7H2,1H3,(H2,12,13,14). The number of anilines is 1. The molecule has 80 valence electrons. The number of aryl methyl sites for hydroxylation is 1. The number of nitrogens with one attached hydrogen (secondary N) is 2. The van der Waals surface area contributed by atoms with Crippen LogP contribution in [-0.2, 0) is 4.74 Å². The van der Waals surface area contributed by atoms with Gasteiger partial charge in [0.25, 0.3) is 0 Å². The van der Waals surface area contributed by atoms with Crippen molar-refractivity contribution in [2.45, 2.75) is 13.0 Å². The van der Waals surface area contributed by atoms with Crippen LogP contribution in [0.4, 0.5) is 10.5 Å². The van der Waals surface area contributed by atoms with Gasteiger partial charge in [-0.2, -0.15) is 0 Å². The molecule has 4 nitrogen and oxygen atoms in total. The highest BCUT2D eigenvalue weighted by Crippen LogP contribution is 2.09. The van der Waals surface area contributed by atoms with Gasteiger partial charge >= 0.3 is 6.03 Å². The molecular formula is C11H14N2O2. The summed E-state index contributed by atoms with van der Waals surface area (Å²) in [6.45, 7) is 3.32.